The maximum atomic E-state index is 12.2. The van der Waals surface area contributed by atoms with Crippen molar-refractivity contribution in [3.05, 3.63) is 16.3 Å². The maximum absolute atomic E-state index is 12.2. The van der Waals surface area contributed by atoms with E-state index in [2.05, 4.69) is 15.3 Å². The summed E-state index contributed by atoms with van der Waals surface area (Å²) >= 11 is 1.24. The molecule has 1 fully saturated rings. The lowest BCUT2D eigenvalue weighted by Crippen LogP contribution is -2.20. The molecule has 1 saturated heterocycles. The lowest BCUT2D eigenvalue weighted by atomic mass is 10.2. The van der Waals surface area contributed by atoms with Gasteiger partial charge in [-0.25, -0.2) is 14.8 Å². The van der Waals surface area contributed by atoms with E-state index in [-0.39, 0.29) is 18.5 Å². The van der Waals surface area contributed by atoms with Gasteiger partial charge in [-0.3, -0.25) is 4.79 Å². The Hall–Kier alpha value is -2.26. The SMILES string of the molecule is CCOC(=O)c1sc2nc(CC(=O)OC)nc(NCC3CCCO3)c2c1C. The Bertz CT molecular complexity index is 845. The Morgan fingerprint density at radius 1 is 1.37 bits per heavy atom. The molecule has 9 heteroatoms. The molecule has 3 heterocycles. The second-order valence-corrected chi connectivity index (χ2v) is 7.21. The first-order valence-electron chi connectivity index (χ1n) is 8.92. The first-order chi connectivity index (χ1) is 13.0. The third-order valence-electron chi connectivity index (χ3n) is 4.35. The van der Waals surface area contributed by atoms with Crippen molar-refractivity contribution in [2.75, 3.05) is 32.2 Å². The summed E-state index contributed by atoms with van der Waals surface area (Å²) in [4.78, 5) is 34.0. The Morgan fingerprint density at radius 3 is 2.85 bits per heavy atom. The summed E-state index contributed by atoms with van der Waals surface area (Å²) in [5.74, 6) is 0.149. The first kappa shape index (κ1) is 19.5. The highest BCUT2D eigenvalue weighted by Gasteiger charge is 2.23. The number of carbonyl (C=O) groups excluding carboxylic acids is 2. The molecule has 1 N–H and O–H groups in total. The van der Waals surface area contributed by atoms with Crippen LogP contribution in [0.25, 0.3) is 10.2 Å². The molecule has 146 valence electrons. The highest BCUT2D eigenvalue weighted by atomic mass is 32.1. The van der Waals surface area contributed by atoms with Crippen LogP contribution < -0.4 is 5.32 Å². The van der Waals surface area contributed by atoms with Crippen LogP contribution in [0, 0.1) is 6.92 Å². The second-order valence-electron chi connectivity index (χ2n) is 6.21. The van der Waals surface area contributed by atoms with Crippen LogP contribution in [0.1, 0.15) is 40.8 Å². The van der Waals surface area contributed by atoms with E-state index in [1.165, 1.54) is 18.4 Å². The van der Waals surface area contributed by atoms with Gasteiger partial charge in [0.25, 0.3) is 0 Å². The van der Waals surface area contributed by atoms with E-state index < -0.39 is 5.97 Å². The van der Waals surface area contributed by atoms with E-state index in [1.807, 2.05) is 6.92 Å². The Balaban J connectivity index is 1.98. The van der Waals surface area contributed by atoms with Crippen LogP contribution in [0.2, 0.25) is 0 Å². The van der Waals surface area contributed by atoms with Gasteiger partial charge in [-0.15, -0.1) is 11.3 Å². The standard InChI is InChI=1S/C18H23N3O5S/c1-4-25-18(23)15-10(2)14-16(19-9-11-6-5-7-26-11)20-12(8-13(22)24-3)21-17(14)27-15/h11H,4-9H2,1-3H3,(H,19,20,21). The number of hydrogen-bond donors (Lipinski definition) is 1. The van der Waals surface area contributed by atoms with Gasteiger partial charge in [0.1, 0.15) is 27.8 Å². The number of hydrogen-bond acceptors (Lipinski definition) is 9. The number of esters is 2. The molecule has 0 aliphatic carbocycles. The monoisotopic (exact) mass is 393 g/mol. The van der Waals surface area contributed by atoms with Crippen LogP contribution >= 0.6 is 11.3 Å². The molecule has 0 bridgehead atoms. The van der Waals surface area contributed by atoms with Gasteiger partial charge in [0.2, 0.25) is 0 Å². The minimum atomic E-state index is -0.418. The molecule has 0 amide bonds. The highest BCUT2D eigenvalue weighted by Crippen LogP contribution is 2.34. The number of fused-ring (bicyclic) bond motifs is 1. The molecule has 1 atom stereocenters. The van der Waals surface area contributed by atoms with Crippen LogP contribution in [-0.2, 0) is 25.4 Å². The van der Waals surface area contributed by atoms with Crippen molar-refractivity contribution >= 4 is 39.3 Å². The molecule has 27 heavy (non-hydrogen) atoms. The number of aryl methyl sites for hydroxylation is 1. The average molecular weight is 393 g/mol. The molecule has 1 unspecified atom stereocenters. The van der Waals surface area contributed by atoms with Crippen LogP contribution in [0.15, 0.2) is 0 Å². The molecule has 0 aromatic carbocycles. The van der Waals surface area contributed by atoms with Gasteiger partial charge in [-0.1, -0.05) is 0 Å². The first-order valence-corrected chi connectivity index (χ1v) is 9.74. The molecule has 0 radical (unpaired) electrons. The fourth-order valence-corrected chi connectivity index (χ4v) is 4.09. The zero-order valence-electron chi connectivity index (χ0n) is 15.7. The predicted octanol–water partition coefficient (Wildman–Crippen LogP) is 2.48. The molecule has 0 saturated carbocycles. The molecule has 2 aromatic heterocycles. The quantitative estimate of drug-likeness (QED) is 0.716. The number of anilines is 1. The molecule has 1 aliphatic heterocycles. The van der Waals surface area contributed by atoms with Crippen molar-refractivity contribution in [1.29, 1.82) is 0 Å². The Labute approximate surface area is 161 Å². The summed E-state index contributed by atoms with van der Waals surface area (Å²) in [5.41, 5.74) is 0.771. The van der Waals surface area contributed by atoms with Crippen molar-refractivity contribution in [1.82, 2.24) is 9.97 Å². The van der Waals surface area contributed by atoms with Crippen molar-refractivity contribution in [3.63, 3.8) is 0 Å². The summed E-state index contributed by atoms with van der Waals surface area (Å²) < 4.78 is 15.5. The zero-order valence-corrected chi connectivity index (χ0v) is 16.5. The van der Waals surface area contributed by atoms with Gasteiger partial charge >= 0.3 is 11.9 Å². The van der Waals surface area contributed by atoms with Gasteiger partial charge in [-0.05, 0) is 32.3 Å². The molecular formula is C18H23N3O5S. The topological polar surface area (TPSA) is 99.6 Å². The van der Waals surface area contributed by atoms with Gasteiger partial charge in [-0.2, -0.15) is 0 Å². The molecule has 1 aliphatic rings. The molecule has 0 spiro atoms. The van der Waals surface area contributed by atoms with E-state index >= 15 is 0 Å². The van der Waals surface area contributed by atoms with Gasteiger partial charge in [0.05, 0.1) is 25.2 Å². The number of nitrogens with one attached hydrogen (secondary N) is 1. The summed E-state index contributed by atoms with van der Waals surface area (Å²) in [6, 6.07) is 0. The summed E-state index contributed by atoms with van der Waals surface area (Å²) in [5, 5.41) is 4.09. The molecule has 2 aromatic rings. The lowest BCUT2D eigenvalue weighted by Gasteiger charge is -2.13. The predicted molar refractivity (Wildman–Crippen MR) is 101 cm³/mol. The van der Waals surface area contributed by atoms with E-state index in [0.29, 0.717) is 34.5 Å². The third kappa shape index (κ3) is 4.36. The zero-order chi connectivity index (χ0) is 19.4. The third-order valence-corrected chi connectivity index (χ3v) is 5.51. The van der Waals surface area contributed by atoms with E-state index in [4.69, 9.17) is 14.2 Å². The van der Waals surface area contributed by atoms with Crippen molar-refractivity contribution in [2.24, 2.45) is 0 Å². The number of nitrogens with zero attached hydrogens (tertiary/aromatic N) is 2. The van der Waals surface area contributed by atoms with Gasteiger partial charge < -0.3 is 19.5 Å². The van der Waals surface area contributed by atoms with Crippen LogP contribution in [0.3, 0.4) is 0 Å². The fraction of sp³-hybridized carbons (Fsp3) is 0.556. The van der Waals surface area contributed by atoms with Crippen LogP contribution in [-0.4, -0.2) is 54.9 Å². The van der Waals surface area contributed by atoms with Crippen LogP contribution in [0.5, 0.6) is 0 Å². The summed E-state index contributed by atoms with van der Waals surface area (Å²) in [6.07, 6.45) is 2.13. The highest BCUT2D eigenvalue weighted by molar-refractivity contribution is 7.20. The molecular weight excluding hydrogens is 370 g/mol. The van der Waals surface area contributed by atoms with Gasteiger partial charge in [0, 0.05) is 13.2 Å². The molecule has 3 rings (SSSR count). The minimum Gasteiger partial charge on any atom is -0.469 e. The summed E-state index contributed by atoms with van der Waals surface area (Å²) in [6.45, 7) is 5.29. The number of thiophene rings is 1. The Morgan fingerprint density at radius 2 is 2.19 bits per heavy atom. The van der Waals surface area contributed by atoms with Crippen molar-refractivity contribution in [2.45, 2.75) is 39.2 Å². The van der Waals surface area contributed by atoms with E-state index in [9.17, 15) is 9.59 Å². The molecule has 8 nitrogen and oxygen atoms in total. The largest absolute Gasteiger partial charge is 0.469 e. The van der Waals surface area contributed by atoms with E-state index in [1.54, 1.807) is 6.92 Å². The number of rotatable bonds is 7. The maximum Gasteiger partial charge on any atom is 0.348 e. The smallest absolute Gasteiger partial charge is 0.348 e. The second kappa shape index (κ2) is 8.62. The normalized spacial score (nSPS) is 16.5. The van der Waals surface area contributed by atoms with Gasteiger partial charge in [0.15, 0.2) is 0 Å². The number of aromatic nitrogens is 2. The number of ether oxygens (including phenoxy) is 3. The van der Waals surface area contributed by atoms with Crippen molar-refractivity contribution < 1.29 is 23.8 Å². The van der Waals surface area contributed by atoms with E-state index in [0.717, 1.165) is 30.4 Å². The fourth-order valence-electron chi connectivity index (χ4n) is 3.00. The van der Waals surface area contributed by atoms with Crippen LogP contribution in [0.4, 0.5) is 5.82 Å². The lowest BCUT2D eigenvalue weighted by molar-refractivity contribution is -0.139. The Kier molecular flexibility index (Phi) is 6.22. The number of carbonyl (C=O) groups is 2. The summed E-state index contributed by atoms with van der Waals surface area (Å²) in [7, 11) is 1.33. The van der Waals surface area contributed by atoms with Crippen molar-refractivity contribution in [3.8, 4) is 0 Å². The average Bonchev–Trinajstić information content (AvgIpc) is 3.28. The minimum absolute atomic E-state index is 0.0350. The number of methoxy groups -OCH3 is 1.